The quantitative estimate of drug-likeness (QED) is 0.693. The highest BCUT2D eigenvalue weighted by Crippen LogP contribution is 2.39. The number of nitrogens with zero attached hydrogens (tertiary/aromatic N) is 2. The van der Waals surface area contributed by atoms with E-state index in [4.69, 9.17) is 9.47 Å². The fraction of sp³-hybridized carbons (Fsp3) is 0.458. The molecule has 3 aliphatic rings. The molecule has 3 heterocycles. The highest BCUT2D eigenvalue weighted by molar-refractivity contribution is 6.00. The maximum absolute atomic E-state index is 13.4. The number of ether oxygens (including phenoxy) is 2. The molecule has 2 aromatic rings. The lowest BCUT2D eigenvalue weighted by atomic mass is 9.98. The Hall–Kier alpha value is -2.93. The van der Waals surface area contributed by atoms with Gasteiger partial charge in [-0.3, -0.25) is 14.4 Å². The number of benzene rings is 1. The van der Waals surface area contributed by atoms with E-state index in [1.165, 1.54) is 13.3 Å². The molecule has 1 aromatic heterocycles. The monoisotopic (exact) mass is 422 g/mol. The Labute approximate surface area is 180 Å². The highest BCUT2D eigenvalue weighted by atomic mass is 16.5. The van der Waals surface area contributed by atoms with Crippen LogP contribution >= 0.6 is 0 Å². The Morgan fingerprint density at radius 3 is 2.77 bits per heavy atom. The Balaban J connectivity index is 1.48. The summed E-state index contributed by atoms with van der Waals surface area (Å²) < 4.78 is 13.1. The fourth-order valence-electron chi connectivity index (χ4n) is 5.25. The number of hydrogen-bond acceptors (Lipinski definition) is 5. The van der Waals surface area contributed by atoms with Gasteiger partial charge in [-0.15, -0.1) is 0 Å². The topological polar surface area (TPSA) is 77.8 Å². The van der Waals surface area contributed by atoms with Crippen molar-refractivity contribution in [3.8, 4) is 5.75 Å². The van der Waals surface area contributed by atoms with E-state index in [-0.39, 0.29) is 47.4 Å². The minimum absolute atomic E-state index is 0.0471. The number of hydrogen-bond donors (Lipinski definition) is 0. The summed E-state index contributed by atoms with van der Waals surface area (Å²) in [6.45, 7) is 1.04. The maximum Gasteiger partial charge on any atom is 0.276 e. The van der Waals surface area contributed by atoms with Gasteiger partial charge in [0, 0.05) is 24.6 Å². The van der Waals surface area contributed by atoms with E-state index < -0.39 is 5.43 Å². The molecule has 0 bridgehead atoms. The highest BCUT2D eigenvalue weighted by Gasteiger charge is 2.47. The summed E-state index contributed by atoms with van der Waals surface area (Å²) in [4.78, 5) is 41.2. The number of carbonyl (C=O) groups is 2. The molecule has 2 fully saturated rings. The predicted molar refractivity (Wildman–Crippen MR) is 113 cm³/mol. The SMILES string of the molecule is COc1c2n(cc(C(=O)CCc3ccccc3)c1=O)C[C@H]1OC[C@@H]3CCC[C@@H]3N1C2=O. The number of pyridine rings is 1. The number of aromatic nitrogens is 1. The Morgan fingerprint density at radius 1 is 1.19 bits per heavy atom. The molecule has 0 N–H and O–H groups in total. The van der Waals surface area contributed by atoms with Gasteiger partial charge in [0.2, 0.25) is 5.43 Å². The second-order valence-electron chi connectivity index (χ2n) is 8.57. The van der Waals surface area contributed by atoms with E-state index in [9.17, 15) is 14.4 Å². The molecule has 3 atom stereocenters. The summed E-state index contributed by atoms with van der Waals surface area (Å²) in [5.41, 5.74) is 0.805. The van der Waals surface area contributed by atoms with E-state index >= 15 is 0 Å². The number of amides is 1. The molecule has 0 spiro atoms. The lowest BCUT2D eigenvalue weighted by molar-refractivity contribution is -0.134. The van der Waals surface area contributed by atoms with Gasteiger partial charge in [0.1, 0.15) is 0 Å². The summed E-state index contributed by atoms with van der Waals surface area (Å²) in [7, 11) is 1.38. The van der Waals surface area contributed by atoms with E-state index in [0.717, 1.165) is 24.8 Å². The molecule has 2 aliphatic heterocycles. The molecular formula is C24H26N2O5. The standard InChI is InChI=1S/C24H26N2O5/c1-30-23-21-24(29)26-18-9-5-8-16(18)14-31-20(26)13-25(21)12-17(22(23)28)19(27)11-10-15-6-3-2-4-7-15/h2-4,6-7,12,16,18,20H,5,8-11,13-14H2,1H3/t16-,18-,20+/m0/s1. The van der Waals surface area contributed by atoms with Crippen molar-refractivity contribution in [2.24, 2.45) is 5.92 Å². The van der Waals surface area contributed by atoms with Gasteiger partial charge in [0.15, 0.2) is 23.5 Å². The minimum Gasteiger partial charge on any atom is -0.491 e. The molecule has 7 nitrogen and oxygen atoms in total. The molecule has 0 unspecified atom stereocenters. The lowest BCUT2D eigenvalue weighted by Crippen LogP contribution is -2.59. The number of ketones is 1. The van der Waals surface area contributed by atoms with Crippen LogP contribution in [0.1, 0.15) is 52.1 Å². The van der Waals surface area contributed by atoms with Gasteiger partial charge < -0.3 is 18.9 Å². The van der Waals surface area contributed by atoms with Gasteiger partial charge in [-0.25, -0.2) is 0 Å². The van der Waals surface area contributed by atoms with Crippen molar-refractivity contribution in [2.45, 2.75) is 50.9 Å². The normalized spacial score (nSPS) is 24.4. The first-order valence-electron chi connectivity index (χ1n) is 10.9. The van der Waals surface area contributed by atoms with Gasteiger partial charge in [-0.05, 0) is 24.8 Å². The van der Waals surface area contributed by atoms with Gasteiger partial charge in [-0.1, -0.05) is 36.8 Å². The van der Waals surface area contributed by atoms with E-state index in [1.807, 2.05) is 30.3 Å². The largest absolute Gasteiger partial charge is 0.491 e. The third-order valence-corrected chi connectivity index (χ3v) is 6.81. The molecule has 1 aliphatic carbocycles. The molecule has 0 radical (unpaired) electrons. The molecule has 31 heavy (non-hydrogen) atoms. The zero-order valence-corrected chi connectivity index (χ0v) is 17.6. The molecule has 1 aromatic carbocycles. The van der Waals surface area contributed by atoms with Crippen LogP contribution in [-0.4, -0.2) is 47.1 Å². The summed E-state index contributed by atoms with van der Waals surface area (Å²) in [5.74, 6) is -0.194. The van der Waals surface area contributed by atoms with Crippen molar-refractivity contribution < 1.29 is 19.1 Å². The van der Waals surface area contributed by atoms with Crippen molar-refractivity contribution in [2.75, 3.05) is 13.7 Å². The van der Waals surface area contributed by atoms with Crippen molar-refractivity contribution in [1.29, 1.82) is 0 Å². The summed E-state index contributed by atoms with van der Waals surface area (Å²) >= 11 is 0. The zero-order valence-electron chi connectivity index (χ0n) is 17.6. The average Bonchev–Trinajstić information content (AvgIpc) is 3.27. The summed E-state index contributed by atoms with van der Waals surface area (Å²) in [5, 5.41) is 0. The van der Waals surface area contributed by atoms with Crippen molar-refractivity contribution in [1.82, 2.24) is 9.47 Å². The first kappa shape index (κ1) is 20.0. The second-order valence-corrected chi connectivity index (χ2v) is 8.57. The maximum atomic E-state index is 13.4. The fourth-order valence-corrected chi connectivity index (χ4v) is 5.25. The van der Waals surface area contributed by atoms with Gasteiger partial charge in [0.05, 0.1) is 25.8 Å². The van der Waals surface area contributed by atoms with E-state index in [0.29, 0.717) is 25.5 Å². The third kappa shape index (κ3) is 3.37. The van der Waals surface area contributed by atoms with Crippen LogP contribution in [0.25, 0.3) is 0 Å². The van der Waals surface area contributed by atoms with Crippen LogP contribution in [-0.2, 0) is 17.7 Å². The molecule has 1 saturated carbocycles. The van der Waals surface area contributed by atoms with Crippen LogP contribution in [0.4, 0.5) is 0 Å². The van der Waals surface area contributed by atoms with Gasteiger partial charge >= 0.3 is 0 Å². The van der Waals surface area contributed by atoms with Crippen LogP contribution in [0.15, 0.2) is 41.3 Å². The van der Waals surface area contributed by atoms with Gasteiger partial charge in [0.25, 0.3) is 5.91 Å². The Bertz CT molecular complexity index is 1080. The van der Waals surface area contributed by atoms with E-state index in [2.05, 4.69) is 0 Å². The molecule has 1 saturated heterocycles. The number of rotatable bonds is 5. The second kappa shape index (κ2) is 7.96. The minimum atomic E-state index is -0.514. The average molecular weight is 422 g/mol. The van der Waals surface area contributed by atoms with Crippen molar-refractivity contribution >= 4 is 11.7 Å². The number of methoxy groups -OCH3 is 1. The Morgan fingerprint density at radius 2 is 2.00 bits per heavy atom. The Kier molecular flexibility index (Phi) is 5.14. The van der Waals surface area contributed by atoms with Crippen LogP contribution in [0.3, 0.4) is 0 Å². The molecular weight excluding hydrogens is 396 g/mol. The van der Waals surface area contributed by atoms with Crippen molar-refractivity contribution in [3.05, 3.63) is 63.6 Å². The van der Waals surface area contributed by atoms with Gasteiger partial charge in [-0.2, -0.15) is 0 Å². The predicted octanol–water partition coefficient (Wildman–Crippen LogP) is 2.65. The van der Waals surface area contributed by atoms with E-state index in [1.54, 1.807) is 9.47 Å². The molecule has 5 rings (SSSR count). The van der Waals surface area contributed by atoms with Crippen LogP contribution in [0.2, 0.25) is 0 Å². The zero-order chi connectivity index (χ0) is 21.5. The van der Waals surface area contributed by atoms with Crippen LogP contribution in [0.5, 0.6) is 5.75 Å². The first-order chi connectivity index (χ1) is 15.1. The number of carbonyl (C=O) groups excluding carboxylic acids is 2. The third-order valence-electron chi connectivity index (χ3n) is 6.81. The molecule has 1 amide bonds. The number of Topliss-reactive ketones (excluding diaryl/α,β-unsaturated/α-hetero) is 1. The molecule has 162 valence electrons. The molecule has 7 heteroatoms. The number of aryl methyl sites for hydroxylation is 1. The van der Waals surface area contributed by atoms with Crippen LogP contribution in [0, 0.1) is 5.92 Å². The summed E-state index contributed by atoms with van der Waals surface area (Å²) in [6, 6.07) is 9.83. The smallest absolute Gasteiger partial charge is 0.276 e. The van der Waals surface area contributed by atoms with Crippen LogP contribution < -0.4 is 10.2 Å². The lowest BCUT2D eigenvalue weighted by Gasteiger charge is -2.46. The summed E-state index contributed by atoms with van der Waals surface area (Å²) in [6.07, 6.45) is 4.99. The van der Waals surface area contributed by atoms with Crippen molar-refractivity contribution in [3.63, 3.8) is 0 Å². The first-order valence-corrected chi connectivity index (χ1v) is 10.9. The number of fused-ring (bicyclic) bond motifs is 4.